The number of hydrogen-bond donors (Lipinski definition) is 0. The minimum absolute atomic E-state index is 0.0471. The van der Waals surface area contributed by atoms with Crippen LogP contribution in [0, 0.1) is 10.1 Å². The maximum Gasteiger partial charge on any atom is 0.270 e. The van der Waals surface area contributed by atoms with Gasteiger partial charge < -0.3 is 4.90 Å². The summed E-state index contributed by atoms with van der Waals surface area (Å²) in [6, 6.07) is 16.1. The predicted octanol–water partition coefficient (Wildman–Crippen LogP) is 4.57. The first-order valence-corrected chi connectivity index (χ1v) is 8.74. The summed E-state index contributed by atoms with van der Waals surface area (Å²) < 4.78 is 0. The Morgan fingerprint density at radius 1 is 1.04 bits per heavy atom. The summed E-state index contributed by atoms with van der Waals surface area (Å²) >= 11 is 0. The van der Waals surface area contributed by atoms with Gasteiger partial charge in [0.15, 0.2) is 0 Å². The molecule has 0 aromatic heterocycles. The van der Waals surface area contributed by atoms with E-state index in [-0.39, 0.29) is 17.6 Å². The first-order valence-electron chi connectivity index (χ1n) is 8.74. The van der Waals surface area contributed by atoms with Crippen LogP contribution in [0.1, 0.15) is 48.0 Å². The van der Waals surface area contributed by atoms with Crippen LogP contribution >= 0.6 is 0 Å². The molecule has 0 atom stereocenters. The summed E-state index contributed by atoms with van der Waals surface area (Å²) in [4.78, 5) is 25.6. The second-order valence-electron chi connectivity index (χ2n) is 6.52. The van der Waals surface area contributed by atoms with E-state index in [2.05, 4.69) is 0 Å². The molecule has 1 aliphatic rings. The van der Waals surface area contributed by atoms with Gasteiger partial charge in [-0.2, -0.15) is 0 Å². The summed E-state index contributed by atoms with van der Waals surface area (Å²) in [7, 11) is 0. The molecule has 0 N–H and O–H groups in total. The van der Waals surface area contributed by atoms with Gasteiger partial charge in [-0.25, -0.2) is 0 Å². The molecule has 2 aromatic rings. The van der Waals surface area contributed by atoms with Crippen LogP contribution in [0.15, 0.2) is 54.6 Å². The highest BCUT2D eigenvalue weighted by atomic mass is 16.6. The zero-order chi connectivity index (χ0) is 17.6. The normalized spacial score (nSPS) is 14.9. The molecule has 5 nitrogen and oxygen atoms in total. The van der Waals surface area contributed by atoms with Crippen LogP contribution < -0.4 is 0 Å². The van der Waals surface area contributed by atoms with E-state index in [0.717, 1.165) is 31.2 Å². The van der Waals surface area contributed by atoms with Gasteiger partial charge >= 0.3 is 0 Å². The van der Waals surface area contributed by atoms with Crippen molar-refractivity contribution >= 4 is 11.6 Å². The van der Waals surface area contributed by atoms with Crippen molar-refractivity contribution in [2.75, 3.05) is 0 Å². The number of nitrogens with zero attached hydrogens (tertiary/aromatic N) is 2. The third-order valence-electron chi connectivity index (χ3n) is 4.78. The van der Waals surface area contributed by atoms with Crippen LogP contribution in [0.25, 0.3) is 0 Å². The van der Waals surface area contributed by atoms with Crippen molar-refractivity contribution in [1.29, 1.82) is 0 Å². The zero-order valence-corrected chi connectivity index (χ0v) is 14.1. The van der Waals surface area contributed by atoms with E-state index < -0.39 is 4.92 Å². The molecule has 0 radical (unpaired) electrons. The van der Waals surface area contributed by atoms with Crippen molar-refractivity contribution in [2.45, 2.75) is 44.7 Å². The summed E-state index contributed by atoms with van der Waals surface area (Å²) in [5.41, 5.74) is 1.41. The Labute approximate surface area is 147 Å². The van der Waals surface area contributed by atoms with Crippen molar-refractivity contribution in [2.24, 2.45) is 0 Å². The SMILES string of the molecule is O=C(c1cccc([N+](=O)[O-])c1)N(Cc1ccccc1)C1CCCCC1. The predicted molar refractivity (Wildman–Crippen MR) is 96.3 cm³/mol. The van der Waals surface area contributed by atoms with E-state index >= 15 is 0 Å². The summed E-state index contributed by atoms with van der Waals surface area (Å²) in [5.74, 6) is -0.126. The van der Waals surface area contributed by atoms with Gasteiger partial charge in [0, 0.05) is 30.3 Å². The van der Waals surface area contributed by atoms with Crippen LogP contribution in [0.5, 0.6) is 0 Å². The third kappa shape index (κ3) is 4.24. The van der Waals surface area contributed by atoms with Gasteiger partial charge in [0.1, 0.15) is 0 Å². The maximum absolute atomic E-state index is 13.1. The second-order valence-corrected chi connectivity index (χ2v) is 6.52. The molecule has 0 saturated heterocycles. The van der Waals surface area contributed by atoms with E-state index in [0.29, 0.717) is 12.1 Å². The summed E-state index contributed by atoms with van der Waals surface area (Å²) in [6.45, 7) is 0.535. The molecule has 1 amide bonds. The first kappa shape index (κ1) is 17.1. The fourth-order valence-corrected chi connectivity index (χ4v) is 3.46. The molecule has 2 aromatic carbocycles. The van der Waals surface area contributed by atoms with E-state index in [9.17, 15) is 14.9 Å². The van der Waals surface area contributed by atoms with Gasteiger partial charge in [-0.3, -0.25) is 14.9 Å². The number of nitro groups is 1. The number of rotatable bonds is 5. The molecule has 0 bridgehead atoms. The average Bonchev–Trinajstić information content (AvgIpc) is 2.67. The highest BCUT2D eigenvalue weighted by Gasteiger charge is 2.27. The third-order valence-corrected chi connectivity index (χ3v) is 4.78. The molecular weight excluding hydrogens is 316 g/mol. The molecule has 0 aliphatic heterocycles. The molecule has 1 saturated carbocycles. The number of carbonyl (C=O) groups is 1. The topological polar surface area (TPSA) is 63.4 Å². The fraction of sp³-hybridized carbons (Fsp3) is 0.350. The minimum Gasteiger partial charge on any atom is -0.331 e. The van der Waals surface area contributed by atoms with E-state index in [4.69, 9.17) is 0 Å². The largest absolute Gasteiger partial charge is 0.331 e. The smallest absolute Gasteiger partial charge is 0.270 e. The van der Waals surface area contributed by atoms with Crippen LogP contribution in [0.2, 0.25) is 0 Å². The quantitative estimate of drug-likeness (QED) is 0.592. The van der Waals surface area contributed by atoms with Gasteiger partial charge in [-0.05, 0) is 24.5 Å². The van der Waals surface area contributed by atoms with Crippen LogP contribution in [0.4, 0.5) is 5.69 Å². The molecule has 0 spiro atoms. The standard InChI is InChI=1S/C20H22N2O3/c23-20(17-10-7-13-19(14-17)22(24)25)21(18-11-5-2-6-12-18)15-16-8-3-1-4-9-16/h1,3-4,7-10,13-14,18H,2,5-6,11-12,15H2. The van der Waals surface area contributed by atoms with Crippen molar-refractivity contribution in [1.82, 2.24) is 4.90 Å². The van der Waals surface area contributed by atoms with Gasteiger partial charge in [0.25, 0.3) is 11.6 Å². The summed E-state index contributed by atoms with van der Waals surface area (Å²) in [6.07, 6.45) is 5.44. The van der Waals surface area contributed by atoms with E-state index in [1.54, 1.807) is 12.1 Å². The molecule has 1 aliphatic carbocycles. The number of benzene rings is 2. The van der Waals surface area contributed by atoms with E-state index in [1.807, 2.05) is 35.2 Å². The van der Waals surface area contributed by atoms with Gasteiger partial charge in [-0.1, -0.05) is 55.7 Å². The molecule has 5 heteroatoms. The first-order chi connectivity index (χ1) is 12.1. The molecule has 3 rings (SSSR count). The van der Waals surface area contributed by atoms with E-state index in [1.165, 1.54) is 18.6 Å². The van der Waals surface area contributed by atoms with Gasteiger partial charge in [-0.15, -0.1) is 0 Å². The fourth-order valence-electron chi connectivity index (χ4n) is 3.46. The maximum atomic E-state index is 13.1. The monoisotopic (exact) mass is 338 g/mol. The molecule has 130 valence electrons. The highest BCUT2D eigenvalue weighted by molar-refractivity contribution is 5.95. The summed E-state index contributed by atoms with van der Waals surface area (Å²) in [5, 5.41) is 11.0. The van der Waals surface area contributed by atoms with Gasteiger partial charge in [0.2, 0.25) is 0 Å². The van der Waals surface area contributed by atoms with Crippen LogP contribution in [-0.2, 0) is 6.54 Å². The highest BCUT2D eigenvalue weighted by Crippen LogP contribution is 2.26. The van der Waals surface area contributed by atoms with Crippen molar-refractivity contribution < 1.29 is 9.72 Å². The minimum atomic E-state index is -0.459. The lowest BCUT2D eigenvalue weighted by atomic mass is 9.93. The Kier molecular flexibility index (Phi) is 5.43. The lowest BCUT2D eigenvalue weighted by Gasteiger charge is -2.34. The molecule has 0 unspecified atom stereocenters. The molecular formula is C20H22N2O3. The van der Waals surface area contributed by atoms with Gasteiger partial charge in [0.05, 0.1) is 4.92 Å². The van der Waals surface area contributed by atoms with Crippen LogP contribution in [-0.4, -0.2) is 21.8 Å². The second kappa shape index (κ2) is 7.92. The zero-order valence-electron chi connectivity index (χ0n) is 14.1. The number of carbonyl (C=O) groups excluding carboxylic acids is 1. The Hall–Kier alpha value is -2.69. The Bertz CT molecular complexity index is 740. The molecule has 25 heavy (non-hydrogen) atoms. The average molecular weight is 338 g/mol. The Balaban J connectivity index is 1.88. The lowest BCUT2D eigenvalue weighted by molar-refractivity contribution is -0.384. The van der Waals surface area contributed by atoms with Crippen molar-refractivity contribution in [3.8, 4) is 0 Å². The Morgan fingerprint density at radius 2 is 1.76 bits per heavy atom. The number of non-ortho nitro benzene ring substituents is 1. The molecule has 1 fully saturated rings. The number of amides is 1. The number of nitro benzene ring substituents is 1. The van der Waals surface area contributed by atoms with Crippen LogP contribution in [0.3, 0.4) is 0 Å². The number of hydrogen-bond acceptors (Lipinski definition) is 3. The lowest BCUT2D eigenvalue weighted by Crippen LogP contribution is -2.41. The van der Waals surface area contributed by atoms with Crippen molar-refractivity contribution in [3.63, 3.8) is 0 Å². The molecule has 0 heterocycles. The Morgan fingerprint density at radius 3 is 2.44 bits per heavy atom. The van der Waals surface area contributed by atoms with Crippen molar-refractivity contribution in [3.05, 3.63) is 75.8 Å².